The van der Waals surface area contributed by atoms with Crippen molar-refractivity contribution in [2.75, 3.05) is 18.4 Å². The predicted molar refractivity (Wildman–Crippen MR) is 125 cm³/mol. The summed E-state index contributed by atoms with van der Waals surface area (Å²) in [7, 11) is -3.37. The largest absolute Gasteiger partial charge is 0.416 e. The van der Waals surface area contributed by atoms with Gasteiger partial charge in [-0.05, 0) is 67.9 Å². The highest BCUT2D eigenvalue weighted by atomic mass is 32.2. The lowest BCUT2D eigenvalue weighted by Gasteiger charge is -2.22. The van der Waals surface area contributed by atoms with E-state index in [1.165, 1.54) is 18.5 Å². The summed E-state index contributed by atoms with van der Waals surface area (Å²) in [5, 5.41) is 5.81. The van der Waals surface area contributed by atoms with E-state index in [1.807, 2.05) is 0 Å². The molecule has 0 aliphatic carbocycles. The normalized spacial score (nSPS) is 15.5. The summed E-state index contributed by atoms with van der Waals surface area (Å²) in [6, 6.07) is 11.5. The van der Waals surface area contributed by atoms with Crippen LogP contribution in [0.4, 0.5) is 24.8 Å². The molecule has 0 amide bonds. The maximum absolute atomic E-state index is 12.8. The lowest BCUT2D eigenvalue weighted by atomic mass is 10.1. The second-order valence-corrected chi connectivity index (χ2v) is 10.2. The quantitative estimate of drug-likeness (QED) is 0.512. The maximum atomic E-state index is 12.8. The highest BCUT2D eigenvalue weighted by Crippen LogP contribution is 2.30. The Hall–Kier alpha value is -3.24. The Morgan fingerprint density at radius 2 is 1.59 bits per heavy atom. The van der Waals surface area contributed by atoms with Gasteiger partial charge in [0.2, 0.25) is 5.95 Å². The Morgan fingerprint density at radius 3 is 2.24 bits per heavy atom. The maximum Gasteiger partial charge on any atom is 0.416 e. The van der Waals surface area contributed by atoms with E-state index in [0.29, 0.717) is 53.6 Å². The van der Waals surface area contributed by atoms with Crippen LogP contribution in [-0.4, -0.2) is 36.7 Å². The molecule has 0 atom stereocenters. The van der Waals surface area contributed by atoms with E-state index in [4.69, 9.17) is 0 Å². The molecule has 1 aliphatic heterocycles. The van der Waals surface area contributed by atoms with Crippen molar-refractivity contribution in [1.29, 1.82) is 0 Å². The van der Waals surface area contributed by atoms with Crippen LogP contribution in [0.15, 0.2) is 65.8 Å². The van der Waals surface area contributed by atoms with Gasteiger partial charge in [-0.3, -0.25) is 0 Å². The van der Waals surface area contributed by atoms with E-state index in [2.05, 4.69) is 20.6 Å². The van der Waals surface area contributed by atoms with Crippen LogP contribution in [0.2, 0.25) is 0 Å². The lowest BCUT2D eigenvalue weighted by molar-refractivity contribution is -0.137. The number of benzene rings is 2. The van der Waals surface area contributed by atoms with Gasteiger partial charge in [0.25, 0.3) is 0 Å². The zero-order valence-corrected chi connectivity index (χ0v) is 18.9. The van der Waals surface area contributed by atoms with Crippen molar-refractivity contribution < 1.29 is 21.6 Å². The lowest BCUT2D eigenvalue weighted by Crippen LogP contribution is -2.35. The molecule has 4 rings (SSSR count). The van der Waals surface area contributed by atoms with E-state index >= 15 is 0 Å². The minimum absolute atomic E-state index is 0.293. The molecule has 1 fully saturated rings. The highest BCUT2D eigenvalue weighted by molar-refractivity contribution is 7.92. The van der Waals surface area contributed by atoms with Crippen molar-refractivity contribution in [2.45, 2.75) is 29.2 Å². The van der Waals surface area contributed by atoms with E-state index in [1.54, 1.807) is 42.5 Å². The molecule has 0 spiro atoms. The highest BCUT2D eigenvalue weighted by Gasteiger charge is 2.30. The topological polar surface area (TPSA) is 84.0 Å². The number of rotatable bonds is 6. The van der Waals surface area contributed by atoms with Gasteiger partial charge in [0, 0.05) is 23.6 Å². The standard InChI is InChI=1S/C24H23F3N4O2S/c25-24(26,27)19-3-1-2-17(14-19)4-5-18-15-29-23(30-16-18)31-20-6-8-21(9-7-20)34(32,33)22-10-12-28-13-11-22/h1-9,14-16,22,28H,10-13H2,(H,29,30,31)/b5-4+. The van der Waals surface area contributed by atoms with E-state index < -0.39 is 21.6 Å². The molecular weight excluding hydrogens is 465 g/mol. The summed E-state index contributed by atoms with van der Waals surface area (Å²) >= 11 is 0. The van der Waals surface area contributed by atoms with E-state index in [-0.39, 0.29) is 5.25 Å². The van der Waals surface area contributed by atoms with Crippen molar-refractivity contribution in [3.05, 3.63) is 77.6 Å². The molecule has 6 nitrogen and oxygen atoms in total. The Labute approximate surface area is 195 Å². The second kappa shape index (κ2) is 9.94. The minimum atomic E-state index is -4.39. The third-order valence-corrected chi connectivity index (χ3v) is 7.80. The van der Waals surface area contributed by atoms with Gasteiger partial charge in [0.05, 0.1) is 15.7 Å². The van der Waals surface area contributed by atoms with Crippen molar-refractivity contribution in [3.63, 3.8) is 0 Å². The molecule has 3 aromatic rings. The zero-order chi connectivity index (χ0) is 24.2. The number of hydrogen-bond donors (Lipinski definition) is 2. The monoisotopic (exact) mass is 488 g/mol. The number of nitrogens with one attached hydrogen (secondary N) is 2. The number of alkyl halides is 3. The van der Waals surface area contributed by atoms with Crippen LogP contribution >= 0.6 is 0 Å². The first-order valence-electron chi connectivity index (χ1n) is 10.7. The third-order valence-electron chi connectivity index (χ3n) is 5.52. The number of hydrogen-bond acceptors (Lipinski definition) is 6. The molecule has 178 valence electrons. The van der Waals surface area contributed by atoms with Gasteiger partial charge in [-0.15, -0.1) is 0 Å². The molecule has 0 bridgehead atoms. The van der Waals surface area contributed by atoms with Gasteiger partial charge in [-0.1, -0.05) is 24.3 Å². The SMILES string of the molecule is O=S(=O)(c1ccc(Nc2ncc(/C=C/c3cccc(C(F)(F)F)c3)cn2)cc1)C1CCNCC1. The first kappa shape index (κ1) is 23.9. The fraction of sp³-hybridized carbons (Fsp3) is 0.250. The summed E-state index contributed by atoms with van der Waals surface area (Å²) in [4.78, 5) is 8.71. The van der Waals surface area contributed by atoms with Crippen LogP contribution in [0.3, 0.4) is 0 Å². The van der Waals surface area contributed by atoms with Gasteiger partial charge in [-0.25, -0.2) is 18.4 Å². The molecule has 0 unspecified atom stereocenters. The van der Waals surface area contributed by atoms with E-state index in [9.17, 15) is 21.6 Å². The smallest absolute Gasteiger partial charge is 0.324 e. The zero-order valence-electron chi connectivity index (χ0n) is 18.1. The molecule has 34 heavy (non-hydrogen) atoms. The Kier molecular flexibility index (Phi) is 6.99. The molecule has 1 saturated heterocycles. The van der Waals surface area contributed by atoms with Crippen molar-refractivity contribution in [1.82, 2.24) is 15.3 Å². The van der Waals surface area contributed by atoms with Crippen LogP contribution in [-0.2, 0) is 16.0 Å². The number of piperidine rings is 1. The summed E-state index contributed by atoms with van der Waals surface area (Å²) in [6.07, 6.45) is 3.07. The summed E-state index contributed by atoms with van der Waals surface area (Å²) in [5.74, 6) is 0.310. The number of nitrogens with zero attached hydrogens (tertiary/aromatic N) is 2. The summed E-state index contributed by atoms with van der Waals surface area (Å²) in [5.41, 5.74) is 0.958. The molecule has 1 aliphatic rings. The Morgan fingerprint density at radius 1 is 0.941 bits per heavy atom. The molecule has 0 saturated carbocycles. The average Bonchev–Trinajstić information content (AvgIpc) is 2.84. The molecule has 2 N–H and O–H groups in total. The van der Waals surface area contributed by atoms with Crippen LogP contribution in [0, 0.1) is 0 Å². The molecule has 2 heterocycles. The van der Waals surface area contributed by atoms with Gasteiger partial charge in [-0.2, -0.15) is 13.2 Å². The molecule has 0 radical (unpaired) electrons. The fourth-order valence-corrected chi connectivity index (χ4v) is 5.41. The van der Waals surface area contributed by atoms with Crippen LogP contribution in [0.5, 0.6) is 0 Å². The van der Waals surface area contributed by atoms with Gasteiger partial charge < -0.3 is 10.6 Å². The van der Waals surface area contributed by atoms with Crippen molar-refractivity contribution in [2.24, 2.45) is 0 Å². The Balaban J connectivity index is 1.40. The summed E-state index contributed by atoms with van der Waals surface area (Å²) < 4.78 is 64.1. The van der Waals surface area contributed by atoms with Crippen molar-refractivity contribution >= 4 is 33.6 Å². The molecular formula is C24H23F3N4O2S. The average molecular weight is 489 g/mol. The first-order valence-corrected chi connectivity index (χ1v) is 12.3. The van der Waals surface area contributed by atoms with Crippen molar-refractivity contribution in [3.8, 4) is 0 Å². The summed E-state index contributed by atoms with van der Waals surface area (Å²) in [6.45, 7) is 1.40. The third kappa shape index (κ3) is 5.81. The van der Waals surface area contributed by atoms with Gasteiger partial charge in [0.15, 0.2) is 9.84 Å². The van der Waals surface area contributed by atoms with Crippen LogP contribution in [0.1, 0.15) is 29.5 Å². The number of halogens is 3. The van der Waals surface area contributed by atoms with E-state index in [0.717, 1.165) is 12.1 Å². The van der Waals surface area contributed by atoms with Crippen LogP contribution < -0.4 is 10.6 Å². The molecule has 1 aromatic heterocycles. The number of sulfone groups is 1. The first-order chi connectivity index (χ1) is 16.2. The number of aromatic nitrogens is 2. The second-order valence-electron chi connectivity index (χ2n) is 7.94. The predicted octanol–water partition coefficient (Wildman–Crippen LogP) is 4.94. The van der Waals surface area contributed by atoms with Gasteiger partial charge >= 0.3 is 6.18 Å². The Bertz CT molecular complexity index is 1250. The number of anilines is 2. The van der Waals surface area contributed by atoms with Crippen LogP contribution in [0.25, 0.3) is 12.2 Å². The minimum Gasteiger partial charge on any atom is -0.324 e. The fourth-order valence-electron chi connectivity index (χ4n) is 3.65. The molecule has 2 aromatic carbocycles. The molecule has 10 heteroatoms. The van der Waals surface area contributed by atoms with Gasteiger partial charge in [0.1, 0.15) is 0 Å².